The molecule has 0 unspecified atom stereocenters. The van der Waals surface area contributed by atoms with Crippen molar-refractivity contribution in [1.82, 2.24) is 10.2 Å². The summed E-state index contributed by atoms with van der Waals surface area (Å²) in [5, 5.41) is 3.52. The van der Waals surface area contributed by atoms with Gasteiger partial charge in [0.1, 0.15) is 19.3 Å². The summed E-state index contributed by atoms with van der Waals surface area (Å²) >= 11 is 5.99. The van der Waals surface area contributed by atoms with E-state index >= 15 is 0 Å². The lowest BCUT2D eigenvalue weighted by Gasteiger charge is -2.29. The predicted molar refractivity (Wildman–Crippen MR) is 121 cm³/mol. The number of hydrogen-bond acceptors (Lipinski definition) is 4. The summed E-state index contributed by atoms with van der Waals surface area (Å²) in [5.74, 6) is 1.21. The molecule has 31 heavy (non-hydrogen) atoms. The van der Waals surface area contributed by atoms with Crippen LogP contribution in [0.15, 0.2) is 42.5 Å². The molecular weight excluding hydrogens is 416 g/mol. The summed E-state index contributed by atoms with van der Waals surface area (Å²) in [7, 11) is 0. The lowest BCUT2D eigenvalue weighted by molar-refractivity contribution is -0.140. The van der Waals surface area contributed by atoms with Gasteiger partial charge in [-0.1, -0.05) is 36.7 Å². The number of ether oxygens (including phenoxy) is 2. The van der Waals surface area contributed by atoms with E-state index in [0.717, 1.165) is 23.3 Å². The molecule has 0 spiro atoms. The molecule has 1 heterocycles. The molecule has 1 aliphatic heterocycles. The molecule has 1 N–H and O–H groups in total. The molecule has 1 aliphatic rings. The van der Waals surface area contributed by atoms with E-state index in [9.17, 15) is 9.59 Å². The highest BCUT2D eigenvalue weighted by Crippen LogP contribution is 2.31. The Morgan fingerprint density at radius 2 is 1.74 bits per heavy atom. The van der Waals surface area contributed by atoms with Crippen LogP contribution >= 0.6 is 11.6 Å². The zero-order valence-electron chi connectivity index (χ0n) is 18.0. The van der Waals surface area contributed by atoms with Crippen LogP contribution in [-0.4, -0.2) is 42.5 Å². The van der Waals surface area contributed by atoms with Gasteiger partial charge in [0.2, 0.25) is 11.8 Å². The summed E-state index contributed by atoms with van der Waals surface area (Å²) in [4.78, 5) is 27.4. The molecule has 0 saturated heterocycles. The second-order valence-corrected chi connectivity index (χ2v) is 8.03. The first-order chi connectivity index (χ1) is 15.0. The second-order valence-electron chi connectivity index (χ2n) is 7.59. The van der Waals surface area contributed by atoms with E-state index in [0.29, 0.717) is 49.9 Å². The van der Waals surface area contributed by atoms with Crippen LogP contribution in [0.5, 0.6) is 11.5 Å². The smallest absolute Gasteiger partial charge is 0.242 e. The number of nitrogens with zero attached hydrogens (tertiary/aromatic N) is 1. The van der Waals surface area contributed by atoms with Gasteiger partial charge in [-0.2, -0.15) is 0 Å². The third-order valence-corrected chi connectivity index (χ3v) is 5.47. The van der Waals surface area contributed by atoms with Gasteiger partial charge < -0.3 is 19.7 Å². The molecule has 2 aromatic carbocycles. The van der Waals surface area contributed by atoms with Gasteiger partial charge in [0.05, 0.1) is 0 Å². The van der Waals surface area contributed by atoms with Crippen LogP contribution in [0.3, 0.4) is 0 Å². The lowest BCUT2D eigenvalue weighted by Crippen LogP contribution is -2.47. The Hall–Kier alpha value is -2.73. The monoisotopic (exact) mass is 444 g/mol. The normalized spacial score (nSPS) is 13.4. The molecule has 6 nitrogen and oxygen atoms in total. The van der Waals surface area contributed by atoms with Crippen LogP contribution < -0.4 is 14.8 Å². The summed E-state index contributed by atoms with van der Waals surface area (Å²) in [6.07, 6.45) is 1.68. The van der Waals surface area contributed by atoms with Crippen molar-refractivity contribution in [3.63, 3.8) is 0 Å². The van der Waals surface area contributed by atoms with Gasteiger partial charge in [-0.25, -0.2) is 0 Å². The van der Waals surface area contributed by atoms with Gasteiger partial charge in [0.15, 0.2) is 11.5 Å². The highest BCUT2D eigenvalue weighted by molar-refractivity contribution is 6.30. The van der Waals surface area contributed by atoms with Crippen LogP contribution in [0.2, 0.25) is 5.02 Å². The average molecular weight is 445 g/mol. The average Bonchev–Trinajstić information content (AvgIpc) is 2.80. The number of amides is 2. The fraction of sp³-hybridized carbons (Fsp3) is 0.417. The number of benzene rings is 2. The van der Waals surface area contributed by atoms with E-state index in [1.54, 1.807) is 24.0 Å². The van der Waals surface area contributed by atoms with Gasteiger partial charge >= 0.3 is 0 Å². The second kappa shape index (κ2) is 11.0. The first kappa shape index (κ1) is 22.9. The zero-order valence-corrected chi connectivity index (χ0v) is 18.8. The Morgan fingerprint density at radius 3 is 2.45 bits per heavy atom. The fourth-order valence-electron chi connectivity index (χ4n) is 3.40. The molecule has 0 fully saturated rings. The van der Waals surface area contributed by atoms with Gasteiger partial charge in [-0.05, 0) is 55.2 Å². The Morgan fingerprint density at radius 1 is 1.06 bits per heavy atom. The van der Waals surface area contributed by atoms with Crippen LogP contribution in [0.4, 0.5) is 0 Å². The quantitative estimate of drug-likeness (QED) is 0.635. The Balaban J connectivity index is 1.69. The summed E-state index contributed by atoms with van der Waals surface area (Å²) in [5.41, 5.74) is 1.92. The van der Waals surface area contributed by atoms with Crippen molar-refractivity contribution in [2.45, 2.75) is 45.7 Å². The number of carbonyl (C=O) groups is 2. The molecule has 2 aromatic rings. The molecule has 0 aromatic heterocycles. The molecule has 7 heteroatoms. The van der Waals surface area contributed by atoms with Crippen molar-refractivity contribution in [3.05, 3.63) is 58.6 Å². The maximum atomic E-state index is 13.2. The topological polar surface area (TPSA) is 67.9 Å². The van der Waals surface area contributed by atoms with Crippen molar-refractivity contribution in [2.24, 2.45) is 0 Å². The van der Waals surface area contributed by atoms with E-state index in [1.165, 1.54) is 0 Å². The number of carbonyl (C=O) groups excluding carboxylic acids is 2. The largest absolute Gasteiger partial charge is 0.486 e. The number of halogens is 1. The molecule has 0 bridgehead atoms. The van der Waals surface area contributed by atoms with Crippen LogP contribution in [0.25, 0.3) is 0 Å². The van der Waals surface area contributed by atoms with Crippen molar-refractivity contribution in [2.75, 3.05) is 19.8 Å². The number of nitrogens with one attached hydrogen (secondary N) is 1. The number of aryl methyl sites for hydroxylation is 1. The van der Waals surface area contributed by atoms with Crippen molar-refractivity contribution >= 4 is 23.4 Å². The van der Waals surface area contributed by atoms with E-state index in [1.807, 2.05) is 37.3 Å². The number of fused-ring (bicyclic) bond motifs is 1. The molecule has 166 valence electrons. The minimum Gasteiger partial charge on any atom is -0.486 e. The standard InChI is InChI=1S/C24H29ClN2O4/c1-3-12-26-24(29)17(2)27(16-19-4-8-20(25)9-5-19)23(28)11-7-18-6-10-21-22(15-18)31-14-13-30-21/h4-6,8-10,15,17H,3,7,11-14,16H2,1-2H3,(H,26,29)/t17-/m0/s1. The third kappa shape index (κ3) is 6.37. The SMILES string of the molecule is CCCNC(=O)[C@H](C)N(Cc1ccc(Cl)cc1)C(=O)CCc1ccc2c(c1)OCCO2. The molecule has 1 atom stereocenters. The third-order valence-electron chi connectivity index (χ3n) is 5.22. The van der Waals surface area contributed by atoms with Crippen molar-refractivity contribution < 1.29 is 19.1 Å². The first-order valence-electron chi connectivity index (χ1n) is 10.7. The van der Waals surface area contributed by atoms with Crippen molar-refractivity contribution in [3.8, 4) is 11.5 Å². The van der Waals surface area contributed by atoms with Crippen LogP contribution in [-0.2, 0) is 22.6 Å². The maximum Gasteiger partial charge on any atom is 0.242 e. The molecular formula is C24H29ClN2O4. The number of rotatable bonds is 9. The van der Waals surface area contributed by atoms with Crippen LogP contribution in [0.1, 0.15) is 37.8 Å². The Bertz CT molecular complexity index is 901. The molecule has 2 amide bonds. The lowest BCUT2D eigenvalue weighted by atomic mass is 10.1. The molecule has 3 rings (SSSR count). The minimum atomic E-state index is -0.574. The summed E-state index contributed by atoms with van der Waals surface area (Å²) in [6, 6.07) is 12.5. The highest BCUT2D eigenvalue weighted by atomic mass is 35.5. The van der Waals surface area contributed by atoms with E-state index in [4.69, 9.17) is 21.1 Å². The van der Waals surface area contributed by atoms with Crippen molar-refractivity contribution in [1.29, 1.82) is 0 Å². The highest BCUT2D eigenvalue weighted by Gasteiger charge is 2.26. The van der Waals surface area contributed by atoms with E-state index in [-0.39, 0.29) is 11.8 Å². The maximum absolute atomic E-state index is 13.2. The predicted octanol–water partition coefficient (Wildman–Crippen LogP) is 3.99. The van der Waals surface area contributed by atoms with Gasteiger partial charge in [0.25, 0.3) is 0 Å². The fourth-order valence-corrected chi connectivity index (χ4v) is 3.53. The minimum absolute atomic E-state index is 0.0796. The number of hydrogen-bond donors (Lipinski definition) is 1. The van der Waals surface area contributed by atoms with Gasteiger partial charge in [-0.3, -0.25) is 9.59 Å². The molecule has 0 saturated carbocycles. The summed E-state index contributed by atoms with van der Waals surface area (Å²) in [6.45, 7) is 5.76. The van der Waals surface area contributed by atoms with Crippen LogP contribution in [0, 0.1) is 0 Å². The van der Waals surface area contributed by atoms with E-state index in [2.05, 4.69) is 5.32 Å². The zero-order chi connectivity index (χ0) is 22.2. The first-order valence-corrected chi connectivity index (χ1v) is 11.1. The van der Waals surface area contributed by atoms with Gasteiger partial charge in [-0.15, -0.1) is 0 Å². The Kier molecular flexibility index (Phi) is 8.18. The Labute approximate surface area is 188 Å². The van der Waals surface area contributed by atoms with Gasteiger partial charge in [0, 0.05) is 24.5 Å². The van der Waals surface area contributed by atoms with E-state index < -0.39 is 6.04 Å². The molecule has 0 aliphatic carbocycles. The molecule has 0 radical (unpaired) electrons. The summed E-state index contributed by atoms with van der Waals surface area (Å²) < 4.78 is 11.2.